The first-order valence-electron chi connectivity index (χ1n) is 6.57. The molecular formula is C14H16N4O2. The summed E-state index contributed by atoms with van der Waals surface area (Å²) in [6.07, 6.45) is 0.859. The maximum Gasteiger partial charge on any atom is 0.375 e. The second-order valence-corrected chi connectivity index (χ2v) is 5.08. The van der Waals surface area contributed by atoms with Crippen LogP contribution in [0.5, 0.6) is 0 Å². The van der Waals surface area contributed by atoms with Crippen molar-refractivity contribution in [1.82, 2.24) is 14.8 Å². The molecule has 1 atom stereocenters. The average Bonchev–Trinajstić information content (AvgIpc) is 2.86. The van der Waals surface area contributed by atoms with Crippen molar-refractivity contribution in [2.75, 3.05) is 11.9 Å². The first-order chi connectivity index (χ1) is 9.56. The quantitative estimate of drug-likeness (QED) is 0.874. The lowest BCUT2D eigenvalue weighted by atomic mass is 9.98. The van der Waals surface area contributed by atoms with Crippen LogP contribution in [0.3, 0.4) is 0 Å². The fourth-order valence-corrected chi connectivity index (χ4v) is 2.47. The molecule has 3 rings (SSSR count). The Bertz CT molecular complexity index is 678. The number of hydrogen-bond acceptors (Lipinski definition) is 4. The molecule has 0 fully saturated rings. The zero-order valence-electron chi connectivity index (χ0n) is 11.4. The zero-order valence-corrected chi connectivity index (χ0v) is 11.4. The van der Waals surface area contributed by atoms with Gasteiger partial charge in [-0.05, 0) is 37.0 Å². The van der Waals surface area contributed by atoms with E-state index >= 15 is 0 Å². The molecule has 2 aromatic rings. The Labute approximate surface area is 116 Å². The van der Waals surface area contributed by atoms with Crippen molar-refractivity contribution in [1.29, 1.82) is 0 Å². The van der Waals surface area contributed by atoms with Crippen molar-refractivity contribution in [2.24, 2.45) is 0 Å². The zero-order chi connectivity index (χ0) is 14.3. The van der Waals surface area contributed by atoms with Gasteiger partial charge in [-0.2, -0.15) is 4.98 Å². The van der Waals surface area contributed by atoms with Crippen LogP contribution in [-0.2, 0) is 0 Å². The topological polar surface area (TPSA) is 80.0 Å². The van der Waals surface area contributed by atoms with Gasteiger partial charge in [0.1, 0.15) is 0 Å². The maximum atomic E-state index is 11.0. The SMILES string of the molecule is Cc1ccc(C2CCNc3nc(C(=O)O)nn32)cc1C. The van der Waals surface area contributed by atoms with Crippen molar-refractivity contribution in [2.45, 2.75) is 26.3 Å². The number of hydrogen-bond donors (Lipinski definition) is 2. The first-order valence-corrected chi connectivity index (χ1v) is 6.57. The van der Waals surface area contributed by atoms with Crippen molar-refractivity contribution in [3.63, 3.8) is 0 Å². The van der Waals surface area contributed by atoms with E-state index in [4.69, 9.17) is 5.11 Å². The fraction of sp³-hybridized carbons (Fsp3) is 0.357. The van der Waals surface area contributed by atoms with Crippen LogP contribution in [0.25, 0.3) is 0 Å². The van der Waals surface area contributed by atoms with Crippen molar-refractivity contribution in [3.05, 3.63) is 40.7 Å². The van der Waals surface area contributed by atoms with Crippen LogP contribution in [0.15, 0.2) is 18.2 Å². The molecule has 0 aliphatic carbocycles. The third kappa shape index (κ3) is 2.03. The minimum absolute atomic E-state index is 0.0335. The van der Waals surface area contributed by atoms with Crippen LogP contribution in [-0.4, -0.2) is 32.4 Å². The number of fused-ring (bicyclic) bond motifs is 1. The predicted molar refractivity (Wildman–Crippen MR) is 74.1 cm³/mol. The Morgan fingerprint density at radius 3 is 2.90 bits per heavy atom. The molecule has 0 amide bonds. The number of aromatic nitrogens is 3. The summed E-state index contributed by atoms with van der Waals surface area (Å²) in [7, 11) is 0. The molecule has 0 spiro atoms. The molecule has 0 saturated heterocycles. The molecule has 6 nitrogen and oxygen atoms in total. The van der Waals surface area contributed by atoms with E-state index in [-0.39, 0.29) is 11.9 Å². The first kappa shape index (κ1) is 12.7. The third-order valence-corrected chi connectivity index (χ3v) is 3.73. The Morgan fingerprint density at radius 1 is 1.40 bits per heavy atom. The van der Waals surface area contributed by atoms with E-state index in [0.717, 1.165) is 18.5 Å². The molecule has 1 aliphatic heterocycles. The highest BCUT2D eigenvalue weighted by Crippen LogP contribution is 2.29. The Balaban J connectivity index is 2.04. The van der Waals surface area contributed by atoms with Gasteiger partial charge in [0.15, 0.2) is 0 Å². The number of carboxylic acids is 1. The van der Waals surface area contributed by atoms with Crippen molar-refractivity contribution >= 4 is 11.9 Å². The summed E-state index contributed by atoms with van der Waals surface area (Å²) in [6, 6.07) is 6.33. The number of aromatic carboxylic acids is 1. The van der Waals surface area contributed by atoms with E-state index in [1.54, 1.807) is 4.68 Å². The summed E-state index contributed by atoms with van der Waals surface area (Å²) in [4.78, 5) is 15.0. The van der Waals surface area contributed by atoms with E-state index in [1.807, 2.05) is 0 Å². The van der Waals surface area contributed by atoms with Gasteiger partial charge in [0.2, 0.25) is 5.95 Å². The number of benzene rings is 1. The largest absolute Gasteiger partial charge is 0.475 e. The molecule has 1 aromatic heterocycles. The molecule has 1 aliphatic rings. The van der Waals surface area contributed by atoms with Crippen LogP contribution in [0.4, 0.5) is 5.95 Å². The predicted octanol–water partition coefficient (Wildman–Crippen LogP) is 2.00. The van der Waals surface area contributed by atoms with Gasteiger partial charge in [-0.25, -0.2) is 9.48 Å². The highest BCUT2D eigenvalue weighted by Gasteiger charge is 2.26. The smallest absolute Gasteiger partial charge is 0.375 e. The van der Waals surface area contributed by atoms with Gasteiger partial charge in [-0.1, -0.05) is 18.2 Å². The second-order valence-electron chi connectivity index (χ2n) is 5.08. The molecule has 104 valence electrons. The van der Waals surface area contributed by atoms with E-state index in [2.05, 4.69) is 47.4 Å². The van der Waals surface area contributed by atoms with Gasteiger partial charge >= 0.3 is 5.97 Å². The number of nitrogens with zero attached hydrogens (tertiary/aromatic N) is 3. The molecule has 1 unspecified atom stereocenters. The van der Waals surface area contributed by atoms with E-state index in [0.29, 0.717) is 5.95 Å². The summed E-state index contributed by atoms with van der Waals surface area (Å²) in [5.41, 5.74) is 3.60. The minimum Gasteiger partial charge on any atom is -0.475 e. The van der Waals surface area contributed by atoms with Gasteiger partial charge < -0.3 is 10.4 Å². The van der Waals surface area contributed by atoms with E-state index in [9.17, 15) is 4.79 Å². The number of aryl methyl sites for hydroxylation is 2. The van der Waals surface area contributed by atoms with Gasteiger partial charge in [0, 0.05) is 6.54 Å². The number of anilines is 1. The van der Waals surface area contributed by atoms with E-state index in [1.165, 1.54) is 11.1 Å². The minimum atomic E-state index is -1.10. The van der Waals surface area contributed by atoms with Crippen molar-refractivity contribution in [3.8, 4) is 0 Å². The molecule has 0 bridgehead atoms. The summed E-state index contributed by atoms with van der Waals surface area (Å²) >= 11 is 0. The number of carboxylic acid groups (broad SMARTS) is 1. The maximum absolute atomic E-state index is 11.0. The summed E-state index contributed by atoms with van der Waals surface area (Å²) in [6.45, 7) is 4.91. The van der Waals surface area contributed by atoms with Crippen LogP contribution >= 0.6 is 0 Å². The molecule has 6 heteroatoms. The Kier molecular flexibility index (Phi) is 2.93. The number of nitrogens with one attached hydrogen (secondary N) is 1. The monoisotopic (exact) mass is 272 g/mol. The molecule has 0 saturated carbocycles. The van der Waals surface area contributed by atoms with E-state index < -0.39 is 5.97 Å². The lowest BCUT2D eigenvalue weighted by Crippen LogP contribution is -2.24. The lowest BCUT2D eigenvalue weighted by Gasteiger charge is -2.25. The molecule has 0 radical (unpaired) electrons. The van der Waals surface area contributed by atoms with Crippen molar-refractivity contribution < 1.29 is 9.90 Å². The molecule has 2 N–H and O–H groups in total. The molecule has 1 aromatic carbocycles. The van der Waals surface area contributed by atoms with Crippen LogP contribution in [0.1, 0.15) is 39.8 Å². The van der Waals surface area contributed by atoms with Crippen LogP contribution < -0.4 is 5.32 Å². The van der Waals surface area contributed by atoms with Gasteiger partial charge in [0.25, 0.3) is 5.82 Å². The number of carbonyl (C=O) groups is 1. The van der Waals surface area contributed by atoms with Crippen LogP contribution in [0, 0.1) is 13.8 Å². The normalized spacial score (nSPS) is 17.4. The Hall–Kier alpha value is -2.37. The summed E-state index contributed by atoms with van der Waals surface area (Å²) in [5.74, 6) is -0.743. The summed E-state index contributed by atoms with van der Waals surface area (Å²) < 4.78 is 1.68. The van der Waals surface area contributed by atoms with Gasteiger partial charge in [-0.15, -0.1) is 5.10 Å². The standard InChI is InChI=1S/C14H16N4O2/c1-8-3-4-10(7-9(8)2)11-5-6-15-14-16-12(13(19)20)17-18(11)14/h3-4,7,11H,5-6H2,1-2H3,(H,19,20)(H,15,16,17). The average molecular weight is 272 g/mol. The fourth-order valence-electron chi connectivity index (χ4n) is 2.47. The molecule has 2 heterocycles. The highest BCUT2D eigenvalue weighted by atomic mass is 16.4. The number of rotatable bonds is 2. The van der Waals surface area contributed by atoms with Crippen LogP contribution in [0.2, 0.25) is 0 Å². The Morgan fingerprint density at radius 2 is 2.20 bits per heavy atom. The van der Waals surface area contributed by atoms with Gasteiger partial charge in [-0.3, -0.25) is 0 Å². The van der Waals surface area contributed by atoms with Gasteiger partial charge in [0.05, 0.1) is 6.04 Å². The molecule has 20 heavy (non-hydrogen) atoms. The third-order valence-electron chi connectivity index (χ3n) is 3.73. The molecular weight excluding hydrogens is 256 g/mol. The highest BCUT2D eigenvalue weighted by molar-refractivity contribution is 5.83. The summed E-state index contributed by atoms with van der Waals surface area (Å²) in [5, 5.41) is 16.2. The second kappa shape index (κ2) is 4.63. The lowest BCUT2D eigenvalue weighted by molar-refractivity contribution is 0.0683.